The second-order valence-corrected chi connectivity index (χ2v) is 14.1. The molecule has 0 atom stereocenters. The first-order valence-corrected chi connectivity index (χ1v) is 17.1. The molecule has 5 aliphatic heterocycles. The van der Waals surface area contributed by atoms with E-state index in [0.29, 0.717) is 44.6 Å². The Labute approximate surface area is 267 Å². The fourth-order valence-electron chi connectivity index (χ4n) is 5.92. The smallest absolute Gasteiger partial charge is 0.419 e. The van der Waals surface area contributed by atoms with Crippen LogP contribution in [0.2, 0.25) is 0 Å². The number of hydrogen-bond donors (Lipinski definition) is 1. The molecule has 7 bridgehead atoms. The van der Waals surface area contributed by atoms with E-state index in [1.165, 1.54) is 16.4 Å². The van der Waals surface area contributed by atoms with Gasteiger partial charge in [-0.3, -0.25) is 14.6 Å². The number of amidine groups is 1. The Bertz CT molecular complexity index is 1600. The molecule has 2 amide bonds. The normalized spacial score (nSPS) is 25.0. The van der Waals surface area contributed by atoms with Crippen molar-refractivity contribution >= 4 is 27.7 Å². The summed E-state index contributed by atoms with van der Waals surface area (Å²) in [7, 11) is -1.98. The molecule has 2 aromatic carbocycles. The summed E-state index contributed by atoms with van der Waals surface area (Å²) in [5, 5.41) is 2.70. The SMILES string of the molecule is Cc1cc2ccc1CCS(=O)(=O)N1CCC3(CC1)N=C(NC3=O)c1ccc(C(F)(F)F)c(c1)OCCCCCOCCN(C)C2=O. The number of benzene rings is 2. The Balaban J connectivity index is 1.37. The lowest BCUT2D eigenvalue weighted by Crippen LogP contribution is -2.50. The molecule has 0 aliphatic carbocycles. The predicted molar refractivity (Wildman–Crippen MR) is 165 cm³/mol. The van der Waals surface area contributed by atoms with E-state index in [4.69, 9.17) is 9.47 Å². The number of aliphatic imine (C=N–C) groups is 1. The van der Waals surface area contributed by atoms with Crippen molar-refractivity contribution in [3.05, 3.63) is 64.2 Å². The molecule has 1 fully saturated rings. The Morgan fingerprint density at radius 2 is 1.65 bits per heavy atom. The molecular formula is C32H39F3N4O6S. The lowest BCUT2D eigenvalue weighted by atomic mass is 9.89. The molecule has 0 saturated carbocycles. The van der Waals surface area contributed by atoms with E-state index in [-0.39, 0.29) is 67.8 Å². The Hall–Kier alpha value is -3.49. The van der Waals surface area contributed by atoms with Gasteiger partial charge in [-0.15, -0.1) is 0 Å². The molecular weight excluding hydrogens is 625 g/mol. The number of piperidine rings is 1. The maximum Gasteiger partial charge on any atom is 0.419 e. The third kappa shape index (κ3) is 7.55. The summed E-state index contributed by atoms with van der Waals surface area (Å²) in [6.07, 6.45) is -2.27. The van der Waals surface area contributed by atoms with Gasteiger partial charge in [0.25, 0.3) is 11.8 Å². The zero-order valence-electron chi connectivity index (χ0n) is 26.0. The summed E-state index contributed by atoms with van der Waals surface area (Å²) < 4.78 is 80.5. The number of alkyl halides is 3. The highest BCUT2D eigenvalue weighted by atomic mass is 32.2. The zero-order chi connectivity index (χ0) is 33.1. The molecule has 0 aromatic heterocycles. The molecule has 250 valence electrons. The van der Waals surface area contributed by atoms with Crippen LogP contribution in [0.3, 0.4) is 0 Å². The summed E-state index contributed by atoms with van der Waals surface area (Å²) >= 11 is 0. The number of carbonyl (C=O) groups excluding carboxylic acids is 2. The molecule has 0 radical (unpaired) electrons. The summed E-state index contributed by atoms with van der Waals surface area (Å²) in [5.74, 6) is -0.938. The van der Waals surface area contributed by atoms with E-state index in [1.54, 1.807) is 30.1 Å². The van der Waals surface area contributed by atoms with Crippen LogP contribution in [0.5, 0.6) is 5.75 Å². The lowest BCUT2D eigenvalue weighted by molar-refractivity contribution is -0.139. The molecule has 46 heavy (non-hydrogen) atoms. The third-order valence-corrected chi connectivity index (χ3v) is 10.7. The van der Waals surface area contributed by atoms with Crippen molar-refractivity contribution in [3.8, 4) is 5.75 Å². The van der Waals surface area contributed by atoms with Crippen LogP contribution >= 0.6 is 0 Å². The van der Waals surface area contributed by atoms with Crippen molar-refractivity contribution in [2.75, 3.05) is 52.3 Å². The third-order valence-electron chi connectivity index (χ3n) is 8.81. The van der Waals surface area contributed by atoms with E-state index >= 15 is 0 Å². The summed E-state index contributed by atoms with van der Waals surface area (Å²) in [4.78, 5) is 32.2. The van der Waals surface area contributed by atoms with Gasteiger partial charge in [0.2, 0.25) is 10.0 Å². The van der Waals surface area contributed by atoms with Gasteiger partial charge in [0.15, 0.2) is 0 Å². The van der Waals surface area contributed by atoms with Crippen LogP contribution < -0.4 is 10.1 Å². The second kappa shape index (κ2) is 13.7. The van der Waals surface area contributed by atoms with Gasteiger partial charge < -0.3 is 19.7 Å². The van der Waals surface area contributed by atoms with Gasteiger partial charge in [0.1, 0.15) is 17.1 Å². The Kier molecular flexibility index (Phi) is 10.1. The number of likely N-dealkylation sites (N-methyl/N-ethyl adjacent to an activating group) is 1. The number of hydrogen-bond acceptors (Lipinski definition) is 7. The first-order valence-electron chi connectivity index (χ1n) is 15.5. The fraction of sp³-hybridized carbons (Fsp3) is 0.531. The molecule has 5 heterocycles. The number of nitrogens with one attached hydrogen (secondary N) is 1. The first kappa shape index (κ1) is 33.9. The highest BCUT2D eigenvalue weighted by Crippen LogP contribution is 2.38. The number of nitrogens with zero attached hydrogens (tertiary/aromatic N) is 3. The minimum atomic E-state index is -4.64. The second-order valence-electron chi connectivity index (χ2n) is 12.0. The molecule has 2 aromatic rings. The number of fused-ring (bicyclic) bond motifs is 2. The topological polar surface area (TPSA) is 118 Å². The van der Waals surface area contributed by atoms with Crippen LogP contribution in [0.15, 0.2) is 41.4 Å². The number of ether oxygens (including phenoxy) is 2. The summed E-state index contributed by atoms with van der Waals surface area (Å²) in [5.41, 5.74) is 0.286. The lowest BCUT2D eigenvalue weighted by Gasteiger charge is -2.34. The highest BCUT2D eigenvalue weighted by Gasteiger charge is 2.47. The van der Waals surface area contributed by atoms with Gasteiger partial charge in [-0.1, -0.05) is 12.1 Å². The fourth-order valence-corrected chi connectivity index (χ4v) is 7.39. The maximum absolute atomic E-state index is 13.8. The number of carbonyl (C=O) groups is 2. The number of amides is 2. The van der Waals surface area contributed by atoms with E-state index in [2.05, 4.69) is 10.3 Å². The Morgan fingerprint density at radius 1 is 0.935 bits per heavy atom. The average Bonchev–Trinajstić information content (AvgIpc) is 3.33. The molecule has 0 unspecified atom stereocenters. The van der Waals surface area contributed by atoms with Crippen molar-refractivity contribution in [2.24, 2.45) is 4.99 Å². The van der Waals surface area contributed by atoms with Crippen molar-refractivity contribution in [1.82, 2.24) is 14.5 Å². The van der Waals surface area contributed by atoms with Gasteiger partial charge in [-0.2, -0.15) is 13.2 Å². The minimum Gasteiger partial charge on any atom is -0.493 e. The largest absolute Gasteiger partial charge is 0.493 e. The molecule has 1 spiro atoms. The van der Waals surface area contributed by atoms with Crippen LogP contribution in [0, 0.1) is 6.92 Å². The van der Waals surface area contributed by atoms with Gasteiger partial charge in [0.05, 0.1) is 24.5 Å². The van der Waals surface area contributed by atoms with Crippen LogP contribution in [0.4, 0.5) is 13.2 Å². The van der Waals surface area contributed by atoms with Crippen molar-refractivity contribution in [1.29, 1.82) is 0 Å². The van der Waals surface area contributed by atoms with E-state index in [0.717, 1.165) is 17.2 Å². The number of rotatable bonds is 0. The summed E-state index contributed by atoms with van der Waals surface area (Å²) in [6, 6.07) is 8.67. The van der Waals surface area contributed by atoms with Crippen LogP contribution in [0.25, 0.3) is 0 Å². The van der Waals surface area contributed by atoms with Gasteiger partial charge in [0, 0.05) is 44.4 Å². The zero-order valence-corrected chi connectivity index (χ0v) is 26.8. The van der Waals surface area contributed by atoms with Crippen LogP contribution in [-0.4, -0.2) is 93.1 Å². The van der Waals surface area contributed by atoms with E-state index < -0.39 is 33.2 Å². The standard InChI is InChI=1S/C32H39F3N4O6S/c1-22-20-25-7-6-23(22)10-19-46(42,43)39-13-11-31(12-14-39)30(41)36-28(37-31)24-8-9-26(32(33,34)35)27(21-24)45-17-5-3-4-16-44-18-15-38(2)29(25)40/h6-9,20-21H,3-5,10-19H2,1-2H3,(H,36,37,41). The van der Waals surface area contributed by atoms with Crippen LogP contribution in [-0.2, 0) is 32.2 Å². The molecule has 5 aliphatic rings. The van der Waals surface area contributed by atoms with E-state index in [1.807, 2.05) is 6.92 Å². The Morgan fingerprint density at radius 3 is 2.37 bits per heavy atom. The predicted octanol–water partition coefficient (Wildman–Crippen LogP) is 3.95. The highest BCUT2D eigenvalue weighted by molar-refractivity contribution is 7.89. The summed E-state index contributed by atoms with van der Waals surface area (Å²) in [6.45, 7) is 3.19. The number of aryl methyl sites for hydroxylation is 2. The quantitative estimate of drug-likeness (QED) is 0.456. The molecule has 1 N–H and O–H groups in total. The number of halogens is 3. The monoisotopic (exact) mass is 664 g/mol. The maximum atomic E-state index is 13.8. The molecule has 7 rings (SSSR count). The van der Waals surface area contributed by atoms with Gasteiger partial charge >= 0.3 is 6.18 Å². The first-order chi connectivity index (χ1) is 21.8. The van der Waals surface area contributed by atoms with E-state index in [9.17, 15) is 31.2 Å². The van der Waals surface area contributed by atoms with Crippen molar-refractivity contribution < 1.29 is 40.7 Å². The van der Waals surface area contributed by atoms with Crippen molar-refractivity contribution in [3.63, 3.8) is 0 Å². The molecule has 10 nitrogen and oxygen atoms in total. The number of sulfonamides is 1. The van der Waals surface area contributed by atoms with Crippen molar-refractivity contribution in [2.45, 2.75) is 57.2 Å². The average molecular weight is 665 g/mol. The van der Waals surface area contributed by atoms with Gasteiger partial charge in [-0.25, -0.2) is 12.7 Å². The minimum absolute atomic E-state index is 0.0507. The molecule has 1 saturated heterocycles. The van der Waals surface area contributed by atoms with Crippen LogP contribution in [0.1, 0.15) is 64.7 Å². The molecule has 14 heteroatoms. The van der Waals surface area contributed by atoms with Gasteiger partial charge in [-0.05, 0) is 80.8 Å².